The van der Waals surface area contributed by atoms with Crippen LogP contribution in [0.15, 0.2) is 23.2 Å². The van der Waals surface area contributed by atoms with Crippen molar-refractivity contribution in [2.45, 2.75) is 93.4 Å². The van der Waals surface area contributed by atoms with E-state index < -0.39 is 6.43 Å². The summed E-state index contributed by atoms with van der Waals surface area (Å²) in [6.45, 7) is 14.5. The lowest BCUT2D eigenvalue weighted by Crippen LogP contribution is -2.11. The predicted octanol–water partition coefficient (Wildman–Crippen LogP) is 8.88. The topological polar surface area (TPSA) is 29.4 Å². The molecule has 1 aromatic rings. The van der Waals surface area contributed by atoms with E-state index in [0.29, 0.717) is 25.0 Å². The maximum Gasteiger partial charge on any atom is 0.263 e. The number of hydrogen-bond donors (Lipinski definition) is 0. The summed E-state index contributed by atoms with van der Waals surface area (Å²) in [5.74, 6) is 1.43. The van der Waals surface area contributed by atoms with Gasteiger partial charge in [0.25, 0.3) is 6.43 Å². The Labute approximate surface area is 190 Å². The molecule has 2 aliphatic rings. The lowest BCUT2D eigenvalue weighted by atomic mass is 9.88. The van der Waals surface area contributed by atoms with Crippen LogP contribution in [-0.4, -0.2) is 9.50 Å². The van der Waals surface area contributed by atoms with E-state index in [9.17, 15) is 13.6 Å². The van der Waals surface area contributed by atoms with Crippen LogP contribution in [0.2, 0.25) is 0 Å². The summed E-state index contributed by atoms with van der Waals surface area (Å²) in [7, 11) is 0. The molecule has 0 unspecified atom stereocenters. The van der Waals surface area contributed by atoms with Gasteiger partial charge in [-0.1, -0.05) is 73.8 Å². The first-order valence-electron chi connectivity index (χ1n) is 10.7. The molecule has 29 heavy (non-hydrogen) atoms. The van der Waals surface area contributed by atoms with Crippen molar-refractivity contribution in [1.29, 1.82) is 0 Å². The van der Waals surface area contributed by atoms with Gasteiger partial charge >= 0.3 is 0 Å². The minimum atomic E-state index is -2.39. The van der Waals surface area contributed by atoms with Crippen LogP contribution < -0.4 is 0 Å². The Hall–Kier alpha value is -0.850. The standard InChI is InChI=1S/C9H6F2IN.C8H16O.C5H10.C2H6/c10-9(11)5-1-2-7-6(3-5)4-8(12)13-7;1-5-7(9)6-8(2,3)4;1-5-3-2-4-5;1-2/h1-3,9H,4H2;5-6H2,1-4H3;5H,2-4H2,1H3;1-2H3. The van der Waals surface area contributed by atoms with Crippen molar-refractivity contribution in [3.05, 3.63) is 29.3 Å². The number of benzene rings is 1. The predicted molar refractivity (Wildman–Crippen MR) is 130 cm³/mol. The number of carbonyl (C=O) groups is 1. The first kappa shape index (κ1) is 28.1. The fraction of sp³-hybridized carbons (Fsp3) is 0.667. The van der Waals surface area contributed by atoms with Gasteiger partial charge in [0.2, 0.25) is 0 Å². The van der Waals surface area contributed by atoms with E-state index in [4.69, 9.17) is 0 Å². The zero-order chi connectivity index (χ0) is 22.6. The Balaban J connectivity index is 0.000000426. The van der Waals surface area contributed by atoms with Crippen molar-refractivity contribution in [3.63, 3.8) is 0 Å². The number of carbonyl (C=O) groups excluding carboxylic acids is 1. The van der Waals surface area contributed by atoms with Gasteiger partial charge in [-0.3, -0.25) is 4.79 Å². The molecule has 1 fully saturated rings. The minimum Gasteiger partial charge on any atom is -0.300 e. The van der Waals surface area contributed by atoms with Crippen molar-refractivity contribution >= 4 is 37.8 Å². The molecule has 1 heterocycles. The number of nitrogens with zero attached hydrogens (tertiary/aromatic N) is 1. The fourth-order valence-electron chi connectivity index (χ4n) is 2.65. The number of alkyl halides is 2. The molecule has 0 atom stereocenters. The van der Waals surface area contributed by atoms with Crippen LogP contribution in [-0.2, 0) is 11.2 Å². The van der Waals surface area contributed by atoms with E-state index in [-0.39, 0.29) is 11.0 Å². The largest absolute Gasteiger partial charge is 0.300 e. The number of fused-ring (bicyclic) bond motifs is 1. The molecule has 0 aromatic heterocycles. The van der Waals surface area contributed by atoms with Crippen LogP contribution in [0.5, 0.6) is 0 Å². The number of rotatable bonds is 3. The summed E-state index contributed by atoms with van der Waals surface area (Å²) in [6.07, 6.45) is 4.15. The van der Waals surface area contributed by atoms with E-state index in [2.05, 4.69) is 55.3 Å². The zero-order valence-electron chi connectivity index (χ0n) is 19.1. The van der Waals surface area contributed by atoms with Crippen molar-refractivity contribution in [3.8, 4) is 0 Å². The molecule has 3 rings (SSSR count). The maximum atomic E-state index is 12.3. The van der Waals surface area contributed by atoms with Crippen molar-refractivity contribution in [2.75, 3.05) is 0 Å². The van der Waals surface area contributed by atoms with Crippen LogP contribution in [0.4, 0.5) is 14.5 Å². The highest BCUT2D eigenvalue weighted by Gasteiger charge is 2.15. The summed E-state index contributed by atoms with van der Waals surface area (Å²) in [5, 5.41) is 0. The molecule has 0 saturated heterocycles. The van der Waals surface area contributed by atoms with Crippen molar-refractivity contribution in [2.24, 2.45) is 16.3 Å². The van der Waals surface area contributed by atoms with Gasteiger partial charge in [0.15, 0.2) is 0 Å². The summed E-state index contributed by atoms with van der Waals surface area (Å²) in [6, 6.07) is 4.62. The van der Waals surface area contributed by atoms with Gasteiger partial charge < -0.3 is 0 Å². The maximum absolute atomic E-state index is 12.3. The van der Waals surface area contributed by atoms with Gasteiger partial charge in [0.05, 0.1) is 9.41 Å². The molecular weight excluding hydrogens is 483 g/mol. The Morgan fingerprint density at radius 3 is 2.14 bits per heavy atom. The van der Waals surface area contributed by atoms with Crippen LogP contribution in [0.1, 0.15) is 98.1 Å². The summed E-state index contributed by atoms with van der Waals surface area (Å²) < 4.78 is 25.5. The van der Waals surface area contributed by atoms with E-state index >= 15 is 0 Å². The first-order valence-corrected chi connectivity index (χ1v) is 11.8. The Kier molecular flexibility index (Phi) is 13.8. The molecule has 0 radical (unpaired) electrons. The number of aliphatic imine (C=N–C) groups is 1. The normalized spacial score (nSPS) is 14.8. The second-order valence-corrected chi connectivity index (χ2v) is 9.76. The Morgan fingerprint density at radius 1 is 1.24 bits per heavy atom. The molecular formula is C24H38F2INO. The molecule has 1 aliphatic carbocycles. The summed E-state index contributed by atoms with van der Waals surface area (Å²) in [5.41, 5.74) is 1.99. The Morgan fingerprint density at radius 2 is 1.79 bits per heavy atom. The molecule has 1 saturated carbocycles. The molecule has 1 aliphatic heterocycles. The van der Waals surface area contributed by atoms with Gasteiger partial charge in [0.1, 0.15) is 5.78 Å². The monoisotopic (exact) mass is 521 g/mol. The van der Waals surface area contributed by atoms with Gasteiger partial charge in [-0.2, -0.15) is 0 Å². The molecule has 2 nitrogen and oxygen atoms in total. The Bertz CT molecular complexity index is 647. The van der Waals surface area contributed by atoms with Gasteiger partial charge in [-0.25, -0.2) is 13.8 Å². The molecule has 0 bridgehead atoms. The highest BCUT2D eigenvalue weighted by Crippen LogP contribution is 2.32. The molecule has 0 amide bonds. The third kappa shape index (κ3) is 12.4. The number of halogens is 3. The number of Topliss-reactive ketones (excluding diaryl/α,β-unsaturated/α-hetero) is 1. The second kappa shape index (κ2) is 14.2. The third-order valence-electron chi connectivity index (χ3n) is 4.45. The molecule has 0 spiro atoms. The molecule has 5 heteroatoms. The van der Waals surface area contributed by atoms with E-state index in [1.807, 2.05) is 20.8 Å². The number of ketones is 1. The third-order valence-corrected chi connectivity index (χ3v) is 5.07. The summed E-state index contributed by atoms with van der Waals surface area (Å²) in [4.78, 5) is 15.0. The SMILES string of the molecule is CC.CC1CCC1.CCC(=O)CC(C)(C)C.FC(F)c1ccc2c(c1)CC(I)=N2. The van der Waals surface area contributed by atoms with E-state index in [1.165, 1.54) is 31.4 Å². The quantitative estimate of drug-likeness (QED) is 0.365. The molecule has 1 aromatic carbocycles. The van der Waals surface area contributed by atoms with Crippen LogP contribution in [0.25, 0.3) is 0 Å². The molecule has 0 N–H and O–H groups in total. The van der Waals surface area contributed by atoms with E-state index in [0.717, 1.165) is 20.9 Å². The smallest absolute Gasteiger partial charge is 0.263 e. The zero-order valence-corrected chi connectivity index (χ0v) is 21.3. The molecule has 166 valence electrons. The average molecular weight is 521 g/mol. The van der Waals surface area contributed by atoms with Crippen molar-refractivity contribution < 1.29 is 13.6 Å². The number of hydrogen-bond acceptors (Lipinski definition) is 2. The highest BCUT2D eigenvalue weighted by molar-refractivity contribution is 14.1. The average Bonchev–Trinajstić information content (AvgIpc) is 3.00. The van der Waals surface area contributed by atoms with Gasteiger partial charge in [-0.15, -0.1) is 0 Å². The highest BCUT2D eigenvalue weighted by atomic mass is 127. The second-order valence-electron chi connectivity index (χ2n) is 8.52. The minimum absolute atomic E-state index is 0.0834. The van der Waals surface area contributed by atoms with Crippen LogP contribution >= 0.6 is 22.6 Å². The van der Waals surface area contributed by atoms with E-state index in [1.54, 1.807) is 6.07 Å². The van der Waals surface area contributed by atoms with Gasteiger partial charge in [-0.05, 0) is 51.6 Å². The van der Waals surface area contributed by atoms with Crippen LogP contribution in [0.3, 0.4) is 0 Å². The fourth-order valence-corrected chi connectivity index (χ4v) is 3.32. The first-order chi connectivity index (χ1) is 13.5. The lowest BCUT2D eigenvalue weighted by Gasteiger charge is -2.18. The summed E-state index contributed by atoms with van der Waals surface area (Å²) >= 11 is 2.12. The van der Waals surface area contributed by atoms with Crippen molar-refractivity contribution in [1.82, 2.24) is 0 Å². The lowest BCUT2D eigenvalue weighted by molar-refractivity contribution is -0.120. The van der Waals surface area contributed by atoms with Gasteiger partial charge in [0, 0.05) is 24.8 Å². The van der Waals surface area contributed by atoms with Crippen LogP contribution in [0, 0.1) is 11.3 Å².